The van der Waals surface area contributed by atoms with Gasteiger partial charge < -0.3 is 5.32 Å². The Labute approximate surface area is 116 Å². The first kappa shape index (κ1) is 13.9. The van der Waals surface area contributed by atoms with Gasteiger partial charge in [0.25, 0.3) is 0 Å². The molecule has 0 spiro atoms. The van der Waals surface area contributed by atoms with Crippen LogP contribution in [0, 0.1) is 6.92 Å². The van der Waals surface area contributed by atoms with Crippen molar-refractivity contribution in [2.24, 2.45) is 0 Å². The van der Waals surface area contributed by atoms with Gasteiger partial charge in [-0.25, -0.2) is 0 Å². The van der Waals surface area contributed by atoms with Gasteiger partial charge in [-0.05, 0) is 25.1 Å². The first-order valence-electron chi connectivity index (χ1n) is 5.47. The van der Waals surface area contributed by atoms with Gasteiger partial charge in [-0.3, -0.25) is 5.10 Å². The van der Waals surface area contributed by atoms with E-state index in [0.717, 1.165) is 23.4 Å². The van der Waals surface area contributed by atoms with E-state index >= 15 is 0 Å². The lowest BCUT2D eigenvalue weighted by molar-refractivity contribution is -0.137. The summed E-state index contributed by atoms with van der Waals surface area (Å²) in [5.41, 5.74) is 1.52. The van der Waals surface area contributed by atoms with Gasteiger partial charge in [0.15, 0.2) is 0 Å². The summed E-state index contributed by atoms with van der Waals surface area (Å²) in [4.78, 5) is 0. The van der Waals surface area contributed by atoms with Crippen molar-refractivity contribution in [2.45, 2.75) is 19.6 Å². The Morgan fingerprint density at radius 3 is 2.63 bits per heavy atom. The summed E-state index contributed by atoms with van der Waals surface area (Å²) in [7, 11) is 0. The number of H-pyrrole nitrogens is 1. The summed E-state index contributed by atoms with van der Waals surface area (Å²) in [5.74, 6) is 0. The second-order valence-electron chi connectivity index (χ2n) is 4.10. The molecule has 0 aliphatic carbocycles. The Hall–Kier alpha value is -1.50. The molecule has 1 heterocycles. The third-order valence-corrected chi connectivity index (χ3v) is 3.10. The highest BCUT2D eigenvalue weighted by molar-refractivity contribution is 9.10. The van der Waals surface area contributed by atoms with Gasteiger partial charge >= 0.3 is 6.18 Å². The van der Waals surface area contributed by atoms with Crippen molar-refractivity contribution in [3.8, 4) is 0 Å². The maximum atomic E-state index is 12.7. The van der Waals surface area contributed by atoms with Crippen LogP contribution in [0.3, 0.4) is 0 Å². The number of alkyl halides is 3. The summed E-state index contributed by atoms with van der Waals surface area (Å²) in [6, 6.07) is 3.74. The van der Waals surface area contributed by atoms with Crippen LogP contribution < -0.4 is 5.32 Å². The Morgan fingerprint density at radius 1 is 1.32 bits per heavy atom. The van der Waals surface area contributed by atoms with E-state index in [1.54, 1.807) is 12.3 Å². The highest BCUT2D eigenvalue weighted by atomic mass is 79.9. The monoisotopic (exact) mass is 333 g/mol. The largest absolute Gasteiger partial charge is 0.416 e. The van der Waals surface area contributed by atoms with Gasteiger partial charge in [0.2, 0.25) is 0 Å². The number of benzene rings is 1. The third kappa shape index (κ3) is 3.50. The first-order chi connectivity index (χ1) is 8.86. The third-order valence-electron chi connectivity index (χ3n) is 2.64. The van der Waals surface area contributed by atoms with Crippen LogP contribution >= 0.6 is 15.9 Å². The average molecular weight is 334 g/mol. The number of hydrogen-bond acceptors (Lipinski definition) is 2. The molecule has 0 unspecified atom stereocenters. The van der Waals surface area contributed by atoms with Crippen LogP contribution in [-0.4, -0.2) is 10.2 Å². The summed E-state index contributed by atoms with van der Waals surface area (Å²) in [5, 5.41) is 9.58. The van der Waals surface area contributed by atoms with Crippen LogP contribution in [0.1, 0.15) is 16.8 Å². The molecule has 2 rings (SSSR count). The predicted octanol–water partition coefficient (Wildman–Crippen LogP) is 4.11. The molecule has 0 aliphatic heterocycles. The van der Waals surface area contributed by atoms with Gasteiger partial charge in [-0.1, -0.05) is 15.9 Å². The summed E-state index contributed by atoms with van der Waals surface area (Å²) in [6.45, 7) is 2.27. The molecule has 0 fully saturated rings. The van der Waals surface area contributed by atoms with Crippen molar-refractivity contribution in [3.05, 3.63) is 45.7 Å². The van der Waals surface area contributed by atoms with E-state index in [2.05, 4.69) is 31.4 Å². The second-order valence-corrected chi connectivity index (χ2v) is 5.02. The van der Waals surface area contributed by atoms with Crippen molar-refractivity contribution in [2.75, 3.05) is 5.32 Å². The van der Waals surface area contributed by atoms with Gasteiger partial charge in [0.1, 0.15) is 0 Å². The number of hydrogen-bond donors (Lipinski definition) is 2. The van der Waals surface area contributed by atoms with Crippen LogP contribution in [-0.2, 0) is 12.7 Å². The highest BCUT2D eigenvalue weighted by Gasteiger charge is 2.31. The number of anilines is 1. The van der Waals surface area contributed by atoms with Crippen LogP contribution in [0.15, 0.2) is 28.9 Å². The summed E-state index contributed by atoms with van der Waals surface area (Å²) < 4.78 is 38.4. The molecule has 0 bridgehead atoms. The number of aryl methyl sites for hydroxylation is 1. The van der Waals surface area contributed by atoms with E-state index in [-0.39, 0.29) is 0 Å². The smallest absolute Gasteiger partial charge is 0.381 e. The second kappa shape index (κ2) is 5.24. The topological polar surface area (TPSA) is 40.7 Å². The SMILES string of the molecule is Cc1[nH]ncc1CNc1cc(Br)cc(C(F)(F)F)c1. The summed E-state index contributed by atoms with van der Waals surface area (Å²) in [6.07, 6.45) is -2.71. The average Bonchev–Trinajstić information content (AvgIpc) is 2.70. The number of aromatic nitrogens is 2. The van der Waals surface area contributed by atoms with Crippen LogP contribution in [0.5, 0.6) is 0 Å². The van der Waals surface area contributed by atoms with E-state index in [4.69, 9.17) is 0 Å². The fourth-order valence-electron chi connectivity index (χ4n) is 1.61. The molecule has 3 nitrogen and oxygen atoms in total. The maximum absolute atomic E-state index is 12.7. The molecule has 0 saturated heterocycles. The number of aromatic amines is 1. The molecule has 1 aromatic heterocycles. The minimum atomic E-state index is -4.36. The van der Waals surface area contributed by atoms with E-state index in [9.17, 15) is 13.2 Å². The number of nitrogens with one attached hydrogen (secondary N) is 2. The van der Waals surface area contributed by atoms with E-state index in [0.29, 0.717) is 16.7 Å². The number of rotatable bonds is 3. The summed E-state index contributed by atoms with van der Waals surface area (Å²) >= 11 is 3.08. The Balaban J connectivity index is 2.17. The lowest BCUT2D eigenvalue weighted by Crippen LogP contribution is -2.07. The zero-order valence-electron chi connectivity index (χ0n) is 9.98. The van der Waals surface area contributed by atoms with Crippen molar-refractivity contribution in [1.29, 1.82) is 0 Å². The molecule has 0 amide bonds. The molecule has 102 valence electrons. The highest BCUT2D eigenvalue weighted by Crippen LogP contribution is 2.33. The molecule has 1 aromatic carbocycles. The van der Waals surface area contributed by atoms with Gasteiger partial charge in [-0.15, -0.1) is 0 Å². The van der Waals surface area contributed by atoms with Gasteiger partial charge in [0, 0.05) is 28.0 Å². The normalized spacial score (nSPS) is 11.6. The fourth-order valence-corrected chi connectivity index (χ4v) is 2.10. The Kier molecular flexibility index (Phi) is 3.84. The zero-order valence-corrected chi connectivity index (χ0v) is 11.6. The molecular weight excluding hydrogens is 323 g/mol. The number of halogens is 4. The molecule has 2 aromatic rings. The van der Waals surface area contributed by atoms with Crippen molar-refractivity contribution < 1.29 is 13.2 Å². The van der Waals surface area contributed by atoms with Crippen molar-refractivity contribution >= 4 is 21.6 Å². The molecule has 0 aliphatic rings. The lowest BCUT2D eigenvalue weighted by atomic mass is 10.2. The minimum absolute atomic E-state index is 0.383. The molecule has 0 saturated carbocycles. The van der Waals surface area contributed by atoms with E-state index in [1.165, 1.54) is 0 Å². The molecule has 0 radical (unpaired) electrons. The van der Waals surface area contributed by atoms with E-state index < -0.39 is 11.7 Å². The molecule has 7 heteroatoms. The zero-order chi connectivity index (χ0) is 14.0. The standard InChI is InChI=1S/C12H11BrF3N3/c1-7-8(6-18-19-7)5-17-11-3-9(12(14,15)16)2-10(13)4-11/h2-4,6,17H,5H2,1H3,(H,18,19). The van der Waals surface area contributed by atoms with Crippen molar-refractivity contribution in [3.63, 3.8) is 0 Å². The quantitative estimate of drug-likeness (QED) is 0.887. The first-order valence-corrected chi connectivity index (χ1v) is 6.26. The minimum Gasteiger partial charge on any atom is -0.381 e. The maximum Gasteiger partial charge on any atom is 0.416 e. The van der Waals surface area contributed by atoms with Crippen molar-refractivity contribution in [1.82, 2.24) is 10.2 Å². The molecule has 19 heavy (non-hydrogen) atoms. The van der Waals surface area contributed by atoms with Gasteiger partial charge in [-0.2, -0.15) is 18.3 Å². The molecule has 0 atom stereocenters. The Morgan fingerprint density at radius 2 is 2.05 bits per heavy atom. The van der Waals surface area contributed by atoms with Crippen LogP contribution in [0.2, 0.25) is 0 Å². The lowest BCUT2D eigenvalue weighted by Gasteiger charge is -2.11. The van der Waals surface area contributed by atoms with Crippen LogP contribution in [0.4, 0.5) is 18.9 Å². The number of nitrogens with zero attached hydrogens (tertiary/aromatic N) is 1. The van der Waals surface area contributed by atoms with Gasteiger partial charge in [0.05, 0.1) is 11.8 Å². The van der Waals surface area contributed by atoms with E-state index in [1.807, 2.05) is 6.92 Å². The molecular formula is C12H11BrF3N3. The predicted molar refractivity (Wildman–Crippen MR) is 69.8 cm³/mol. The van der Waals surface area contributed by atoms with Crippen LogP contribution in [0.25, 0.3) is 0 Å². The fraction of sp³-hybridized carbons (Fsp3) is 0.250. The Bertz CT molecular complexity index is 578. The molecule has 2 N–H and O–H groups in total.